The molecule has 1 aromatic heterocycles. The van der Waals surface area contributed by atoms with E-state index >= 15 is 0 Å². The van der Waals surface area contributed by atoms with E-state index < -0.39 is 0 Å². The maximum atomic E-state index is 13.6. The van der Waals surface area contributed by atoms with Crippen LogP contribution in [0.1, 0.15) is 39.7 Å². The van der Waals surface area contributed by atoms with Gasteiger partial charge in [0.25, 0.3) is 5.91 Å². The van der Waals surface area contributed by atoms with E-state index in [9.17, 15) is 9.59 Å². The molecule has 2 aliphatic rings. The number of nitrogens with zero attached hydrogens (tertiary/aromatic N) is 2. The summed E-state index contributed by atoms with van der Waals surface area (Å²) >= 11 is 8.00. The molecule has 1 fully saturated rings. The lowest BCUT2D eigenvalue weighted by atomic mass is 10.0. The fourth-order valence-corrected chi connectivity index (χ4v) is 5.66. The van der Waals surface area contributed by atoms with Gasteiger partial charge in [-0.05, 0) is 60.5 Å². The van der Waals surface area contributed by atoms with Gasteiger partial charge in [0.1, 0.15) is 24.7 Å². The monoisotopic (exact) mass is 510 g/mol. The van der Waals surface area contributed by atoms with Gasteiger partial charge in [-0.3, -0.25) is 9.59 Å². The average molecular weight is 511 g/mol. The van der Waals surface area contributed by atoms with Crippen molar-refractivity contribution in [2.24, 2.45) is 0 Å². The second kappa shape index (κ2) is 10.3. The molecule has 1 saturated carbocycles. The number of methoxy groups -OCH3 is 1. The van der Waals surface area contributed by atoms with Gasteiger partial charge >= 0.3 is 0 Å². The Labute approximate surface area is 214 Å². The highest BCUT2D eigenvalue weighted by molar-refractivity contribution is 7.10. The largest absolute Gasteiger partial charge is 0.497 e. The number of hydrogen-bond acceptors (Lipinski definition) is 5. The number of halogens is 1. The van der Waals surface area contributed by atoms with Gasteiger partial charge in [-0.25, -0.2) is 0 Å². The average Bonchev–Trinajstić information content (AvgIpc) is 3.61. The van der Waals surface area contributed by atoms with Gasteiger partial charge in [-0.15, -0.1) is 11.3 Å². The molecule has 1 atom stereocenters. The standard InChI is InChI=1S/C27H27ClN2O4S/c1-33-19-5-4-6-20(15-19)34-17-24-22-12-14-35-25(22)11-13-29(24)26(31)16-30(18-9-10-18)27(32)21-7-2-3-8-23(21)28/h2-8,12,14-15,18,24H,9-11,13,16-17H2,1H3. The fraction of sp³-hybridized carbons (Fsp3) is 0.333. The number of rotatable bonds is 8. The number of carbonyl (C=O) groups is 2. The summed E-state index contributed by atoms with van der Waals surface area (Å²) in [5.74, 6) is 1.14. The minimum Gasteiger partial charge on any atom is -0.497 e. The van der Waals surface area contributed by atoms with Gasteiger partial charge in [0.2, 0.25) is 5.91 Å². The third-order valence-corrected chi connectivity index (χ3v) is 7.85. The first-order chi connectivity index (χ1) is 17.0. The van der Waals surface area contributed by atoms with Crippen molar-refractivity contribution >= 4 is 34.8 Å². The van der Waals surface area contributed by atoms with Crippen LogP contribution in [0.5, 0.6) is 11.5 Å². The first-order valence-electron chi connectivity index (χ1n) is 11.7. The van der Waals surface area contributed by atoms with Crippen LogP contribution in [-0.2, 0) is 11.2 Å². The summed E-state index contributed by atoms with van der Waals surface area (Å²) in [5.41, 5.74) is 1.55. The van der Waals surface area contributed by atoms with Crippen LogP contribution in [-0.4, -0.2) is 54.5 Å². The van der Waals surface area contributed by atoms with E-state index in [1.807, 2.05) is 29.2 Å². The minimum atomic E-state index is -0.222. The van der Waals surface area contributed by atoms with Crippen molar-refractivity contribution in [2.45, 2.75) is 31.3 Å². The lowest BCUT2D eigenvalue weighted by Gasteiger charge is -2.37. The van der Waals surface area contributed by atoms with E-state index in [1.54, 1.807) is 47.6 Å². The zero-order chi connectivity index (χ0) is 24.4. The van der Waals surface area contributed by atoms with E-state index in [-0.39, 0.29) is 30.4 Å². The first kappa shape index (κ1) is 23.7. The Balaban J connectivity index is 1.35. The molecule has 182 valence electrons. The van der Waals surface area contributed by atoms with Crippen molar-refractivity contribution in [3.63, 3.8) is 0 Å². The molecule has 1 unspecified atom stereocenters. The fourth-order valence-electron chi connectivity index (χ4n) is 4.52. The van der Waals surface area contributed by atoms with Crippen LogP contribution in [0.3, 0.4) is 0 Å². The maximum Gasteiger partial charge on any atom is 0.256 e. The molecule has 0 N–H and O–H groups in total. The van der Waals surface area contributed by atoms with Gasteiger partial charge < -0.3 is 19.3 Å². The molecule has 2 aromatic carbocycles. The molecular weight excluding hydrogens is 484 g/mol. The molecule has 5 rings (SSSR count). The number of hydrogen-bond donors (Lipinski definition) is 0. The predicted octanol–water partition coefficient (Wildman–Crippen LogP) is 5.22. The zero-order valence-electron chi connectivity index (χ0n) is 19.5. The maximum absolute atomic E-state index is 13.6. The van der Waals surface area contributed by atoms with E-state index in [2.05, 4.69) is 11.4 Å². The van der Waals surface area contributed by atoms with Gasteiger partial charge in [0, 0.05) is 23.5 Å². The highest BCUT2D eigenvalue weighted by Crippen LogP contribution is 2.35. The third kappa shape index (κ3) is 5.16. The minimum absolute atomic E-state index is 0.0316. The van der Waals surface area contributed by atoms with Gasteiger partial charge in [0.05, 0.1) is 23.7 Å². The molecule has 1 aliphatic carbocycles. The first-order valence-corrected chi connectivity index (χ1v) is 13.0. The van der Waals surface area contributed by atoms with Crippen molar-refractivity contribution in [3.8, 4) is 11.5 Å². The Kier molecular flexibility index (Phi) is 6.97. The summed E-state index contributed by atoms with van der Waals surface area (Å²) in [7, 11) is 1.62. The second-order valence-corrected chi connectivity index (χ2v) is 10.2. The van der Waals surface area contributed by atoms with Crippen molar-refractivity contribution in [2.75, 3.05) is 26.8 Å². The van der Waals surface area contributed by atoms with Gasteiger partial charge in [0.15, 0.2) is 0 Å². The molecule has 0 radical (unpaired) electrons. The Morgan fingerprint density at radius 2 is 1.91 bits per heavy atom. The highest BCUT2D eigenvalue weighted by atomic mass is 35.5. The van der Waals surface area contributed by atoms with Gasteiger partial charge in [-0.1, -0.05) is 29.8 Å². The number of carbonyl (C=O) groups excluding carboxylic acids is 2. The zero-order valence-corrected chi connectivity index (χ0v) is 21.1. The van der Waals surface area contributed by atoms with Crippen LogP contribution >= 0.6 is 22.9 Å². The molecule has 6 nitrogen and oxygen atoms in total. The van der Waals surface area contributed by atoms with Crippen molar-refractivity contribution < 1.29 is 19.1 Å². The molecule has 0 bridgehead atoms. The van der Waals surface area contributed by atoms with Crippen LogP contribution < -0.4 is 9.47 Å². The molecular formula is C27H27ClN2O4S. The third-order valence-electron chi connectivity index (χ3n) is 6.52. The van der Waals surface area contributed by atoms with Crippen molar-refractivity contribution in [1.82, 2.24) is 9.80 Å². The number of amides is 2. The highest BCUT2D eigenvalue weighted by Gasteiger charge is 2.38. The van der Waals surface area contributed by atoms with E-state index in [4.69, 9.17) is 21.1 Å². The summed E-state index contributed by atoms with van der Waals surface area (Å²) < 4.78 is 11.4. The Morgan fingerprint density at radius 3 is 2.69 bits per heavy atom. The summed E-state index contributed by atoms with van der Waals surface area (Å²) in [6, 6.07) is 16.4. The van der Waals surface area contributed by atoms with E-state index in [1.165, 1.54) is 4.88 Å². The predicted molar refractivity (Wildman–Crippen MR) is 136 cm³/mol. The summed E-state index contributed by atoms with van der Waals surface area (Å²) in [6.45, 7) is 0.950. The SMILES string of the molecule is COc1cccc(OCC2c3ccsc3CCN2C(=O)CN(C(=O)c2ccccc2Cl)C2CC2)c1. The molecule has 2 amide bonds. The molecule has 0 spiro atoms. The van der Waals surface area contributed by atoms with Crippen LogP contribution in [0.15, 0.2) is 60.0 Å². The second-order valence-electron chi connectivity index (χ2n) is 8.79. The molecule has 1 aliphatic heterocycles. The number of ether oxygens (including phenoxy) is 2. The molecule has 8 heteroatoms. The van der Waals surface area contributed by atoms with Crippen molar-refractivity contribution in [3.05, 3.63) is 81.0 Å². The van der Waals surface area contributed by atoms with Crippen molar-refractivity contribution in [1.29, 1.82) is 0 Å². The van der Waals surface area contributed by atoms with Crippen LogP contribution in [0.2, 0.25) is 5.02 Å². The lowest BCUT2D eigenvalue weighted by Crippen LogP contribution is -2.48. The topological polar surface area (TPSA) is 59.1 Å². The number of benzene rings is 2. The summed E-state index contributed by atoms with van der Waals surface area (Å²) in [6.07, 6.45) is 2.61. The molecule has 35 heavy (non-hydrogen) atoms. The normalized spacial score (nSPS) is 17.0. The Hall–Kier alpha value is -3.03. The lowest BCUT2D eigenvalue weighted by molar-refractivity contribution is -0.135. The Bertz CT molecular complexity index is 1230. The molecule has 2 heterocycles. The quantitative estimate of drug-likeness (QED) is 0.417. The molecule has 3 aromatic rings. The van der Waals surface area contributed by atoms with E-state index in [0.29, 0.717) is 35.2 Å². The number of fused-ring (bicyclic) bond motifs is 1. The molecule has 0 saturated heterocycles. The Morgan fingerprint density at radius 1 is 1.11 bits per heavy atom. The summed E-state index contributed by atoms with van der Waals surface area (Å²) in [4.78, 5) is 31.8. The van der Waals surface area contributed by atoms with Crippen LogP contribution in [0, 0.1) is 0 Å². The van der Waals surface area contributed by atoms with Gasteiger partial charge in [-0.2, -0.15) is 0 Å². The summed E-state index contributed by atoms with van der Waals surface area (Å²) in [5, 5.41) is 2.47. The van der Waals surface area contributed by atoms with Crippen LogP contribution in [0.25, 0.3) is 0 Å². The number of thiophene rings is 1. The van der Waals surface area contributed by atoms with E-state index in [0.717, 1.165) is 24.8 Å². The van der Waals surface area contributed by atoms with Crippen LogP contribution in [0.4, 0.5) is 0 Å². The smallest absolute Gasteiger partial charge is 0.256 e.